The van der Waals surface area contributed by atoms with Gasteiger partial charge in [-0.1, -0.05) is 54.7 Å². The fourth-order valence-corrected chi connectivity index (χ4v) is 4.87. The Balaban J connectivity index is 1.71. The summed E-state index contributed by atoms with van der Waals surface area (Å²) in [6, 6.07) is 24.1. The van der Waals surface area contributed by atoms with E-state index in [1.54, 1.807) is 28.0 Å². The van der Waals surface area contributed by atoms with E-state index in [0.29, 0.717) is 12.1 Å². The topological polar surface area (TPSA) is 33.2 Å². The van der Waals surface area contributed by atoms with E-state index in [-0.39, 0.29) is 5.91 Å². The highest BCUT2D eigenvalue weighted by Crippen LogP contribution is 2.31. The summed E-state index contributed by atoms with van der Waals surface area (Å²) in [5.74, 6) is 0.983. The number of carbonyl (C=O) groups excluding carboxylic acids is 1. The third kappa shape index (κ3) is 4.52. The van der Waals surface area contributed by atoms with Crippen molar-refractivity contribution in [2.75, 3.05) is 10.7 Å². The summed E-state index contributed by atoms with van der Waals surface area (Å²) in [6.45, 7) is 4.69. The molecule has 0 unspecified atom stereocenters. The lowest BCUT2D eigenvalue weighted by molar-refractivity contribution is 0.0985. The van der Waals surface area contributed by atoms with Gasteiger partial charge in [0, 0.05) is 10.5 Å². The predicted molar refractivity (Wildman–Crippen MR) is 124 cm³/mol. The fourth-order valence-electron chi connectivity index (χ4n) is 3.14. The number of nitrogens with zero attached hydrogens (tertiary/aromatic N) is 2. The number of anilines is 1. The van der Waals surface area contributed by atoms with Crippen LogP contribution in [0.1, 0.15) is 28.4 Å². The summed E-state index contributed by atoms with van der Waals surface area (Å²) in [4.78, 5) is 21.2. The molecule has 0 spiro atoms. The molecule has 4 rings (SSSR count). The second-order valence-electron chi connectivity index (χ2n) is 6.80. The van der Waals surface area contributed by atoms with Crippen LogP contribution >= 0.6 is 23.1 Å². The predicted octanol–water partition coefficient (Wildman–Crippen LogP) is 6.56. The monoisotopic (exact) mass is 418 g/mol. The molecule has 1 heterocycles. The van der Waals surface area contributed by atoms with Crippen LogP contribution in [0.3, 0.4) is 0 Å². The Kier molecular flexibility index (Phi) is 5.97. The zero-order valence-electron chi connectivity index (χ0n) is 16.5. The molecule has 0 aliphatic carbocycles. The number of aromatic nitrogens is 1. The standard InChI is InChI=1S/C24H22N2OS2/c1-3-28-20-12-10-19(11-13-20)23(27)26(16-18-7-5-4-6-8-18)24-25-21-14-9-17(2)15-22(21)29-24/h4-15H,3,16H2,1-2H3. The fraction of sp³-hybridized carbons (Fsp3) is 0.167. The van der Waals surface area contributed by atoms with Crippen LogP contribution in [-0.2, 0) is 6.54 Å². The Hall–Kier alpha value is -2.63. The van der Waals surface area contributed by atoms with Crippen molar-refractivity contribution in [1.82, 2.24) is 4.98 Å². The van der Waals surface area contributed by atoms with Crippen LogP contribution in [-0.4, -0.2) is 16.6 Å². The van der Waals surface area contributed by atoms with Crippen molar-refractivity contribution in [1.29, 1.82) is 0 Å². The molecule has 0 saturated heterocycles. The molecule has 0 fully saturated rings. The number of aryl methyl sites for hydroxylation is 1. The molecule has 3 aromatic carbocycles. The van der Waals surface area contributed by atoms with Gasteiger partial charge in [0.25, 0.3) is 5.91 Å². The Morgan fingerprint density at radius 1 is 1.03 bits per heavy atom. The molecule has 3 nitrogen and oxygen atoms in total. The minimum Gasteiger partial charge on any atom is -0.279 e. The molecule has 4 aromatic rings. The maximum Gasteiger partial charge on any atom is 0.260 e. The van der Waals surface area contributed by atoms with Crippen LogP contribution in [0.5, 0.6) is 0 Å². The largest absolute Gasteiger partial charge is 0.279 e. The Labute approximate surface area is 179 Å². The lowest BCUT2D eigenvalue weighted by atomic mass is 10.1. The van der Waals surface area contributed by atoms with Gasteiger partial charge in [0.1, 0.15) is 0 Å². The van der Waals surface area contributed by atoms with E-state index in [1.807, 2.05) is 60.7 Å². The van der Waals surface area contributed by atoms with Gasteiger partial charge in [0.15, 0.2) is 5.13 Å². The quantitative estimate of drug-likeness (QED) is 0.332. The number of fused-ring (bicyclic) bond motifs is 1. The molecule has 29 heavy (non-hydrogen) atoms. The highest BCUT2D eigenvalue weighted by atomic mass is 32.2. The first-order valence-electron chi connectivity index (χ1n) is 9.60. The average molecular weight is 419 g/mol. The van der Waals surface area contributed by atoms with Gasteiger partial charge >= 0.3 is 0 Å². The molecular weight excluding hydrogens is 396 g/mol. The normalized spacial score (nSPS) is 11.0. The van der Waals surface area contributed by atoms with E-state index in [1.165, 1.54) is 10.5 Å². The second kappa shape index (κ2) is 8.80. The number of rotatable bonds is 6. The average Bonchev–Trinajstić information content (AvgIpc) is 3.16. The molecular formula is C24H22N2OS2. The van der Waals surface area contributed by atoms with Crippen LogP contribution in [0.25, 0.3) is 10.2 Å². The van der Waals surface area contributed by atoms with Gasteiger partial charge in [0.05, 0.1) is 16.8 Å². The summed E-state index contributed by atoms with van der Waals surface area (Å²) >= 11 is 3.34. The van der Waals surface area contributed by atoms with E-state index in [2.05, 4.69) is 26.0 Å². The van der Waals surface area contributed by atoms with Gasteiger partial charge in [0.2, 0.25) is 0 Å². The maximum atomic E-state index is 13.4. The van der Waals surface area contributed by atoms with Crippen molar-refractivity contribution in [3.63, 3.8) is 0 Å². The molecule has 146 valence electrons. The van der Waals surface area contributed by atoms with Crippen molar-refractivity contribution in [3.05, 3.63) is 89.5 Å². The molecule has 5 heteroatoms. The third-order valence-electron chi connectivity index (χ3n) is 4.60. The molecule has 0 N–H and O–H groups in total. The van der Waals surface area contributed by atoms with E-state index < -0.39 is 0 Å². The van der Waals surface area contributed by atoms with Crippen molar-refractivity contribution in [2.45, 2.75) is 25.3 Å². The number of thioether (sulfide) groups is 1. The number of carbonyl (C=O) groups is 1. The molecule has 0 aliphatic rings. The minimum absolute atomic E-state index is 0.0299. The van der Waals surface area contributed by atoms with Crippen LogP contribution in [0, 0.1) is 6.92 Å². The van der Waals surface area contributed by atoms with Crippen LogP contribution in [0.15, 0.2) is 77.7 Å². The zero-order valence-corrected chi connectivity index (χ0v) is 18.1. The van der Waals surface area contributed by atoms with E-state index >= 15 is 0 Å². The summed E-state index contributed by atoms with van der Waals surface area (Å²) in [5, 5.41) is 0.728. The second-order valence-corrected chi connectivity index (χ2v) is 9.15. The van der Waals surface area contributed by atoms with E-state index in [0.717, 1.165) is 26.7 Å². The van der Waals surface area contributed by atoms with Crippen LogP contribution in [0.2, 0.25) is 0 Å². The SMILES string of the molecule is CCSc1ccc(C(=O)N(Cc2ccccc2)c2nc3ccc(C)cc3s2)cc1. The Morgan fingerprint density at radius 2 is 1.79 bits per heavy atom. The number of hydrogen-bond donors (Lipinski definition) is 0. The summed E-state index contributed by atoms with van der Waals surface area (Å²) in [7, 11) is 0. The lowest BCUT2D eigenvalue weighted by Crippen LogP contribution is -2.30. The van der Waals surface area contributed by atoms with E-state index in [4.69, 9.17) is 4.98 Å². The molecule has 0 saturated carbocycles. The van der Waals surface area contributed by atoms with Gasteiger partial charge in [-0.15, -0.1) is 11.8 Å². The van der Waals surface area contributed by atoms with Gasteiger partial charge in [-0.2, -0.15) is 0 Å². The highest BCUT2D eigenvalue weighted by molar-refractivity contribution is 7.99. The summed E-state index contributed by atoms with van der Waals surface area (Å²) in [6.07, 6.45) is 0. The number of hydrogen-bond acceptors (Lipinski definition) is 4. The van der Waals surface area contributed by atoms with Gasteiger partial charge < -0.3 is 0 Å². The minimum atomic E-state index is -0.0299. The smallest absolute Gasteiger partial charge is 0.260 e. The van der Waals surface area contributed by atoms with Crippen molar-refractivity contribution in [3.8, 4) is 0 Å². The van der Waals surface area contributed by atoms with Gasteiger partial charge in [-0.3, -0.25) is 9.69 Å². The lowest BCUT2D eigenvalue weighted by Gasteiger charge is -2.20. The van der Waals surface area contributed by atoms with Crippen molar-refractivity contribution >= 4 is 44.4 Å². The first-order chi connectivity index (χ1) is 14.1. The van der Waals surface area contributed by atoms with Crippen LogP contribution < -0.4 is 4.90 Å². The summed E-state index contributed by atoms with van der Waals surface area (Å²) in [5.41, 5.74) is 3.88. The maximum absolute atomic E-state index is 13.4. The van der Waals surface area contributed by atoms with E-state index in [9.17, 15) is 4.79 Å². The molecule has 0 aliphatic heterocycles. The molecule has 0 atom stereocenters. The molecule has 1 amide bonds. The van der Waals surface area contributed by atoms with Gasteiger partial charge in [-0.05, 0) is 60.2 Å². The number of thiazole rings is 1. The molecule has 1 aromatic heterocycles. The van der Waals surface area contributed by atoms with Crippen molar-refractivity contribution in [2.24, 2.45) is 0 Å². The molecule has 0 radical (unpaired) electrons. The first-order valence-corrected chi connectivity index (χ1v) is 11.4. The van der Waals surface area contributed by atoms with Crippen LogP contribution in [0.4, 0.5) is 5.13 Å². The Morgan fingerprint density at radius 3 is 2.52 bits per heavy atom. The zero-order chi connectivity index (χ0) is 20.2. The highest BCUT2D eigenvalue weighted by Gasteiger charge is 2.22. The number of amides is 1. The van der Waals surface area contributed by atoms with Gasteiger partial charge in [-0.25, -0.2) is 4.98 Å². The van der Waals surface area contributed by atoms with Crippen molar-refractivity contribution < 1.29 is 4.79 Å². The Bertz CT molecular complexity index is 1120. The number of benzene rings is 3. The molecule has 0 bridgehead atoms. The third-order valence-corrected chi connectivity index (χ3v) is 6.54. The summed E-state index contributed by atoms with van der Waals surface area (Å²) < 4.78 is 1.10. The first kappa shape index (κ1) is 19.7.